The molecule has 0 aromatic carbocycles. The molecule has 1 N–H and O–H groups in total. The largest absolute Gasteiger partial charge is 0.389 e. The lowest BCUT2D eigenvalue weighted by molar-refractivity contribution is -0.142. The molecule has 2 aromatic heterocycles. The summed E-state index contributed by atoms with van der Waals surface area (Å²) in [6.07, 6.45) is -1.36. The van der Waals surface area contributed by atoms with Crippen molar-refractivity contribution in [1.29, 1.82) is 0 Å². The van der Waals surface area contributed by atoms with E-state index in [1.807, 2.05) is 0 Å². The van der Waals surface area contributed by atoms with Gasteiger partial charge in [0.2, 0.25) is 5.91 Å². The van der Waals surface area contributed by atoms with E-state index in [1.54, 1.807) is 31.5 Å². The maximum Gasteiger partial charge on any atom is 0.389 e. The van der Waals surface area contributed by atoms with Gasteiger partial charge < -0.3 is 5.32 Å². The normalized spacial score (nSPS) is 11.4. The van der Waals surface area contributed by atoms with Crippen molar-refractivity contribution in [1.82, 2.24) is 14.8 Å². The van der Waals surface area contributed by atoms with Gasteiger partial charge in [0.1, 0.15) is 0 Å². The molecule has 0 spiro atoms. The Morgan fingerprint density at radius 3 is 2.81 bits per heavy atom. The van der Waals surface area contributed by atoms with Crippen LogP contribution in [0.1, 0.15) is 18.5 Å². The number of aryl methyl sites for hydroxylation is 1. The summed E-state index contributed by atoms with van der Waals surface area (Å²) < 4.78 is 37.7. The monoisotopic (exact) mass is 298 g/mol. The molecule has 1 amide bonds. The minimum atomic E-state index is -4.34. The summed E-state index contributed by atoms with van der Waals surface area (Å²) in [5, 5.41) is 6.61. The summed E-state index contributed by atoms with van der Waals surface area (Å²) in [5.74, 6) is -0.693. The van der Waals surface area contributed by atoms with Crippen LogP contribution in [-0.2, 0) is 4.79 Å². The number of nitrogens with zero attached hydrogens (tertiary/aromatic N) is 3. The third-order valence-electron chi connectivity index (χ3n) is 2.72. The molecule has 112 valence electrons. The summed E-state index contributed by atoms with van der Waals surface area (Å²) in [4.78, 5) is 15.4. The summed E-state index contributed by atoms with van der Waals surface area (Å²) in [7, 11) is 0. The predicted molar refractivity (Wildman–Crippen MR) is 70.0 cm³/mol. The maximum absolute atomic E-state index is 12.1. The van der Waals surface area contributed by atoms with Crippen LogP contribution in [0.4, 0.5) is 18.9 Å². The molecule has 0 fully saturated rings. The zero-order valence-corrected chi connectivity index (χ0v) is 11.2. The molecule has 0 saturated carbocycles. The van der Waals surface area contributed by atoms with Gasteiger partial charge in [-0.2, -0.15) is 18.3 Å². The van der Waals surface area contributed by atoms with E-state index in [-0.39, 0.29) is 0 Å². The van der Waals surface area contributed by atoms with E-state index in [2.05, 4.69) is 15.4 Å². The fourth-order valence-electron chi connectivity index (χ4n) is 1.67. The third kappa shape index (κ3) is 4.30. The first-order valence-electron chi connectivity index (χ1n) is 6.18. The van der Waals surface area contributed by atoms with Gasteiger partial charge in [0.05, 0.1) is 35.9 Å². The maximum atomic E-state index is 12.1. The number of carbonyl (C=O) groups is 1. The average Bonchev–Trinajstić information content (AvgIpc) is 2.78. The van der Waals surface area contributed by atoms with Crippen LogP contribution in [-0.4, -0.2) is 26.8 Å². The highest BCUT2D eigenvalue weighted by molar-refractivity contribution is 5.91. The number of hydrogen-bond acceptors (Lipinski definition) is 3. The standard InChI is InChI=1S/C13H13F3N4O/c1-9-11(18-12(21)4-5-13(14,15)16)8-20(19-9)10-3-2-6-17-7-10/h2-3,6-8H,4-5H2,1H3,(H,18,21). The number of carbonyl (C=O) groups excluding carboxylic acids is 1. The van der Waals surface area contributed by atoms with Crippen LogP contribution in [0.25, 0.3) is 5.69 Å². The van der Waals surface area contributed by atoms with Crippen molar-refractivity contribution in [2.45, 2.75) is 25.9 Å². The third-order valence-corrected chi connectivity index (χ3v) is 2.72. The predicted octanol–water partition coefficient (Wildman–Crippen LogP) is 2.86. The van der Waals surface area contributed by atoms with Crippen molar-refractivity contribution in [3.8, 4) is 5.69 Å². The Bertz CT molecular complexity index is 622. The Morgan fingerprint density at radius 1 is 1.43 bits per heavy atom. The van der Waals surface area contributed by atoms with Crippen LogP contribution in [0, 0.1) is 6.92 Å². The Balaban J connectivity index is 2.05. The Labute approximate surface area is 118 Å². The second-order valence-corrected chi connectivity index (χ2v) is 4.45. The fourth-order valence-corrected chi connectivity index (χ4v) is 1.67. The summed E-state index contributed by atoms with van der Waals surface area (Å²) in [6.45, 7) is 1.66. The van der Waals surface area contributed by atoms with Crippen LogP contribution in [0.2, 0.25) is 0 Å². The summed E-state index contributed by atoms with van der Waals surface area (Å²) in [5.41, 5.74) is 1.58. The summed E-state index contributed by atoms with van der Waals surface area (Å²) >= 11 is 0. The molecule has 8 heteroatoms. The number of pyridine rings is 1. The van der Waals surface area contributed by atoms with Gasteiger partial charge in [0.15, 0.2) is 0 Å². The summed E-state index contributed by atoms with van der Waals surface area (Å²) in [6, 6.07) is 3.50. The quantitative estimate of drug-likeness (QED) is 0.944. The van der Waals surface area contributed by atoms with Gasteiger partial charge in [-0.1, -0.05) is 0 Å². The molecular formula is C13H13F3N4O. The average molecular weight is 298 g/mol. The molecular weight excluding hydrogens is 285 g/mol. The fraction of sp³-hybridized carbons (Fsp3) is 0.308. The molecule has 21 heavy (non-hydrogen) atoms. The molecule has 0 bridgehead atoms. The zero-order chi connectivity index (χ0) is 15.5. The van der Waals surface area contributed by atoms with E-state index in [1.165, 1.54) is 10.9 Å². The van der Waals surface area contributed by atoms with Crippen LogP contribution in [0.15, 0.2) is 30.7 Å². The molecule has 0 aliphatic heterocycles. The van der Waals surface area contributed by atoms with Gasteiger partial charge in [-0.15, -0.1) is 0 Å². The van der Waals surface area contributed by atoms with E-state index in [4.69, 9.17) is 0 Å². The van der Waals surface area contributed by atoms with Crippen molar-refractivity contribution < 1.29 is 18.0 Å². The first-order chi connectivity index (χ1) is 9.85. The number of halogens is 3. The van der Waals surface area contributed by atoms with Crippen molar-refractivity contribution in [3.63, 3.8) is 0 Å². The van der Waals surface area contributed by atoms with E-state index in [0.717, 1.165) is 0 Å². The molecule has 0 aliphatic carbocycles. The van der Waals surface area contributed by atoms with Crippen LogP contribution >= 0.6 is 0 Å². The molecule has 0 aliphatic rings. The van der Waals surface area contributed by atoms with E-state index < -0.39 is 24.9 Å². The SMILES string of the molecule is Cc1nn(-c2cccnc2)cc1NC(=O)CCC(F)(F)F. The molecule has 0 radical (unpaired) electrons. The number of hydrogen-bond donors (Lipinski definition) is 1. The lowest BCUT2D eigenvalue weighted by Crippen LogP contribution is -2.16. The van der Waals surface area contributed by atoms with Crippen molar-refractivity contribution >= 4 is 11.6 Å². The molecule has 2 aromatic rings. The number of nitrogens with one attached hydrogen (secondary N) is 1. The van der Waals surface area contributed by atoms with E-state index in [0.29, 0.717) is 17.1 Å². The topological polar surface area (TPSA) is 59.8 Å². The highest BCUT2D eigenvalue weighted by Crippen LogP contribution is 2.22. The number of alkyl halides is 3. The Morgan fingerprint density at radius 2 is 2.19 bits per heavy atom. The zero-order valence-electron chi connectivity index (χ0n) is 11.2. The van der Waals surface area contributed by atoms with Gasteiger partial charge in [-0.05, 0) is 19.1 Å². The van der Waals surface area contributed by atoms with Gasteiger partial charge in [-0.3, -0.25) is 9.78 Å². The molecule has 2 rings (SSSR count). The minimum absolute atomic E-state index is 0.381. The number of anilines is 1. The van der Waals surface area contributed by atoms with Crippen molar-refractivity contribution in [2.24, 2.45) is 0 Å². The van der Waals surface area contributed by atoms with Gasteiger partial charge in [0.25, 0.3) is 0 Å². The lowest BCUT2D eigenvalue weighted by atomic mass is 10.3. The van der Waals surface area contributed by atoms with Crippen molar-refractivity contribution in [2.75, 3.05) is 5.32 Å². The van der Waals surface area contributed by atoms with E-state index in [9.17, 15) is 18.0 Å². The number of rotatable bonds is 4. The van der Waals surface area contributed by atoms with Gasteiger partial charge in [-0.25, -0.2) is 4.68 Å². The van der Waals surface area contributed by atoms with Crippen LogP contribution < -0.4 is 5.32 Å². The minimum Gasteiger partial charge on any atom is -0.323 e. The smallest absolute Gasteiger partial charge is 0.323 e. The number of amides is 1. The lowest BCUT2D eigenvalue weighted by Gasteiger charge is -2.06. The Kier molecular flexibility index (Phi) is 4.25. The molecule has 0 unspecified atom stereocenters. The van der Waals surface area contributed by atoms with E-state index >= 15 is 0 Å². The highest BCUT2D eigenvalue weighted by atomic mass is 19.4. The van der Waals surface area contributed by atoms with Crippen LogP contribution in [0.5, 0.6) is 0 Å². The second-order valence-electron chi connectivity index (χ2n) is 4.45. The number of aromatic nitrogens is 3. The van der Waals surface area contributed by atoms with Gasteiger partial charge in [0, 0.05) is 12.6 Å². The van der Waals surface area contributed by atoms with Crippen molar-refractivity contribution in [3.05, 3.63) is 36.4 Å². The Hall–Kier alpha value is -2.38. The molecule has 5 nitrogen and oxygen atoms in total. The highest BCUT2D eigenvalue weighted by Gasteiger charge is 2.28. The second kappa shape index (κ2) is 5.94. The van der Waals surface area contributed by atoms with Crippen LogP contribution in [0.3, 0.4) is 0 Å². The first kappa shape index (κ1) is 15.0. The molecule has 2 heterocycles. The molecule has 0 saturated heterocycles. The molecule has 0 atom stereocenters. The first-order valence-corrected chi connectivity index (χ1v) is 6.18. The van der Waals surface area contributed by atoms with Gasteiger partial charge >= 0.3 is 6.18 Å².